The normalized spacial score (nSPS) is 20.6. The third-order valence-corrected chi connectivity index (χ3v) is 5.24. The number of amides is 2. The summed E-state index contributed by atoms with van der Waals surface area (Å²) in [6.07, 6.45) is 11.1. The maximum atomic E-state index is 12.6. The van der Waals surface area contributed by atoms with Crippen molar-refractivity contribution < 1.29 is 9.59 Å². The number of likely N-dealkylation sites (tertiary alicyclic amines) is 1. The minimum absolute atomic E-state index is 0.0273. The molecule has 2 fully saturated rings. The standard InChI is InChI=1S/C17H23N7O2/c25-16(20-13-4-1-2-5-13)15-11-23(22-21-15)10-14-6-3-7-24(14)17(26)12-8-18-19-9-12/h8-9,11,13-14H,1-7,10H2,(H,18,19)(H,20,25)/t14-/m0/s1. The average Bonchev–Trinajstić information content (AvgIpc) is 3.42. The van der Waals surface area contributed by atoms with Crippen LogP contribution in [0.15, 0.2) is 18.6 Å². The molecule has 0 bridgehead atoms. The number of hydrogen-bond acceptors (Lipinski definition) is 5. The van der Waals surface area contributed by atoms with Gasteiger partial charge >= 0.3 is 0 Å². The monoisotopic (exact) mass is 357 g/mol. The maximum absolute atomic E-state index is 12.6. The van der Waals surface area contributed by atoms with Gasteiger partial charge in [-0.25, -0.2) is 4.68 Å². The average molecular weight is 357 g/mol. The lowest BCUT2D eigenvalue weighted by Crippen LogP contribution is -2.38. The summed E-state index contributed by atoms with van der Waals surface area (Å²) in [4.78, 5) is 26.7. The van der Waals surface area contributed by atoms with Crippen molar-refractivity contribution in [3.8, 4) is 0 Å². The number of aromatic amines is 1. The molecule has 2 N–H and O–H groups in total. The van der Waals surface area contributed by atoms with Crippen LogP contribution in [0.2, 0.25) is 0 Å². The summed E-state index contributed by atoms with van der Waals surface area (Å²) in [6, 6.07) is 0.301. The molecule has 3 heterocycles. The van der Waals surface area contributed by atoms with Gasteiger partial charge in [-0.15, -0.1) is 5.10 Å². The molecule has 1 saturated carbocycles. The predicted octanol–water partition coefficient (Wildman–Crippen LogP) is 0.978. The lowest BCUT2D eigenvalue weighted by Gasteiger charge is -2.23. The summed E-state index contributed by atoms with van der Waals surface area (Å²) in [7, 11) is 0. The van der Waals surface area contributed by atoms with E-state index < -0.39 is 0 Å². The van der Waals surface area contributed by atoms with E-state index in [1.165, 1.54) is 12.8 Å². The first-order valence-electron chi connectivity index (χ1n) is 9.21. The first-order valence-corrected chi connectivity index (χ1v) is 9.21. The lowest BCUT2D eigenvalue weighted by atomic mass is 10.2. The summed E-state index contributed by atoms with van der Waals surface area (Å²) in [5.74, 6) is -0.193. The van der Waals surface area contributed by atoms with Crippen LogP contribution in [-0.4, -0.2) is 60.5 Å². The number of hydrogen-bond donors (Lipinski definition) is 2. The smallest absolute Gasteiger partial charge is 0.273 e. The molecule has 0 aromatic carbocycles. The summed E-state index contributed by atoms with van der Waals surface area (Å²) in [6.45, 7) is 1.26. The Bertz CT molecular complexity index is 764. The van der Waals surface area contributed by atoms with Gasteiger partial charge in [0.25, 0.3) is 11.8 Å². The molecule has 0 spiro atoms. The second-order valence-electron chi connectivity index (χ2n) is 7.06. The van der Waals surface area contributed by atoms with Crippen molar-refractivity contribution in [3.63, 3.8) is 0 Å². The Morgan fingerprint density at radius 1 is 1.23 bits per heavy atom. The first kappa shape index (κ1) is 16.7. The Kier molecular flexibility index (Phi) is 4.68. The highest BCUT2D eigenvalue weighted by Crippen LogP contribution is 2.21. The van der Waals surface area contributed by atoms with E-state index in [0.29, 0.717) is 17.8 Å². The van der Waals surface area contributed by atoms with Crippen LogP contribution in [0, 0.1) is 0 Å². The van der Waals surface area contributed by atoms with Gasteiger partial charge in [-0.05, 0) is 25.7 Å². The van der Waals surface area contributed by atoms with Gasteiger partial charge in [0.05, 0.1) is 30.5 Å². The fourth-order valence-electron chi connectivity index (χ4n) is 3.86. The highest BCUT2D eigenvalue weighted by molar-refractivity contribution is 5.94. The summed E-state index contributed by atoms with van der Waals surface area (Å²) >= 11 is 0. The zero-order chi connectivity index (χ0) is 17.9. The largest absolute Gasteiger partial charge is 0.348 e. The Hall–Kier alpha value is -2.71. The third-order valence-electron chi connectivity index (χ3n) is 5.24. The minimum atomic E-state index is -0.166. The Balaban J connectivity index is 1.38. The molecule has 0 unspecified atom stereocenters. The van der Waals surface area contributed by atoms with Crippen molar-refractivity contribution >= 4 is 11.8 Å². The molecule has 1 saturated heterocycles. The highest BCUT2D eigenvalue weighted by atomic mass is 16.2. The van der Waals surface area contributed by atoms with E-state index in [4.69, 9.17) is 0 Å². The molecule has 0 radical (unpaired) electrons. The van der Waals surface area contributed by atoms with Crippen LogP contribution in [0.25, 0.3) is 0 Å². The van der Waals surface area contributed by atoms with Gasteiger partial charge in [-0.1, -0.05) is 18.1 Å². The third kappa shape index (κ3) is 3.47. The van der Waals surface area contributed by atoms with E-state index in [2.05, 4.69) is 25.8 Å². The molecule has 26 heavy (non-hydrogen) atoms. The Labute approximate surface area is 151 Å². The molecule has 1 aliphatic carbocycles. The zero-order valence-corrected chi connectivity index (χ0v) is 14.6. The molecular weight excluding hydrogens is 334 g/mol. The molecule has 2 aromatic heterocycles. The van der Waals surface area contributed by atoms with Gasteiger partial charge in [0, 0.05) is 18.8 Å². The van der Waals surface area contributed by atoms with Crippen LogP contribution in [-0.2, 0) is 6.54 Å². The van der Waals surface area contributed by atoms with Crippen molar-refractivity contribution in [1.29, 1.82) is 0 Å². The molecule has 1 atom stereocenters. The lowest BCUT2D eigenvalue weighted by molar-refractivity contribution is 0.0721. The molecule has 2 amide bonds. The zero-order valence-electron chi connectivity index (χ0n) is 14.6. The van der Waals surface area contributed by atoms with Crippen LogP contribution in [0.5, 0.6) is 0 Å². The topological polar surface area (TPSA) is 109 Å². The van der Waals surface area contributed by atoms with Gasteiger partial charge in [0.1, 0.15) is 0 Å². The number of H-pyrrole nitrogens is 1. The summed E-state index contributed by atoms with van der Waals surface area (Å²) in [5.41, 5.74) is 0.898. The second kappa shape index (κ2) is 7.27. The number of nitrogens with zero attached hydrogens (tertiary/aromatic N) is 5. The quantitative estimate of drug-likeness (QED) is 0.829. The fourth-order valence-corrected chi connectivity index (χ4v) is 3.86. The van der Waals surface area contributed by atoms with Crippen molar-refractivity contribution in [2.45, 2.75) is 57.2 Å². The van der Waals surface area contributed by atoms with E-state index in [-0.39, 0.29) is 23.9 Å². The van der Waals surface area contributed by atoms with Gasteiger partial charge in [-0.2, -0.15) is 5.10 Å². The maximum Gasteiger partial charge on any atom is 0.273 e. The van der Waals surface area contributed by atoms with E-state index in [9.17, 15) is 9.59 Å². The van der Waals surface area contributed by atoms with Gasteiger partial charge in [0.2, 0.25) is 0 Å². The van der Waals surface area contributed by atoms with E-state index in [0.717, 1.165) is 32.2 Å². The van der Waals surface area contributed by atoms with Crippen LogP contribution in [0.1, 0.15) is 59.4 Å². The first-order chi connectivity index (χ1) is 12.7. The molecule has 4 rings (SSSR count). The number of nitrogens with one attached hydrogen (secondary N) is 2. The number of rotatable bonds is 5. The molecular formula is C17H23N7O2. The van der Waals surface area contributed by atoms with Crippen LogP contribution < -0.4 is 5.32 Å². The number of carbonyl (C=O) groups excluding carboxylic acids is 2. The van der Waals surface area contributed by atoms with Crippen molar-refractivity contribution in [3.05, 3.63) is 29.8 Å². The molecule has 2 aromatic rings. The Morgan fingerprint density at radius 2 is 2.08 bits per heavy atom. The van der Waals surface area contributed by atoms with Gasteiger partial charge in [0.15, 0.2) is 5.69 Å². The van der Waals surface area contributed by atoms with Crippen LogP contribution in [0.3, 0.4) is 0 Å². The number of aromatic nitrogens is 5. The highest BCUT2D eigenvalue weighted by Gasteiger charge is 2.30. The summed E-state index contributed by atoms with van der Waals surface area (Å²) in [5, 5.41) is 17.6. The molecule has 9 heteroatoms. The predicted molar refractivity (Wildman–Crippen MR) is 92.4 cm³/mol. The summed E-state index contributed by atoms with van der Waals surface area (Å²) < 4.78 is 1.66. The van der Waals surface area contributed by atoms with Gasteiger partial charge in [-0.3, -0.25) is 14.7 Å². The van der Waals surface area contributed by atoms with Crippen LogP contribution >= 0.6 is 0 Å². The van der Waals surface area contributed by atoms with Crippen molar-refractivity contribution in [2.75, 3.05) is 6.54 Å². The fraction of sp³-hybridized carbons (Fsp3) is 0.588. The second-order valence-corrected chi connectivity index (χ2v) is 7.06. The number of carbonyl (C=O) groups is 2. The SMILES string of the molecule is O=C(NC1CCCC1)c1cn(C[C@@H]2CCCN2C(=O)c2cn[nH]c2)nn1. The van der Waals surface area contributed by atoms with E-state index in [1.54, 1.807) is 23.3 Å². The molecule has 138 valence electrons. The van der Waals surface area contributed by atoms with E-state index in [1.807, 2.05) is 4.90 Å². The minimum Gasteiger partial charge on any atom is -0.348 e. The van der Waals surface area contributed by atoms with Crippen molar-refractivity contribution in [2.24, 2.45) is 0 Å². The Morgan fingerprint density at radius 3 is 2.85 bits per heavy atom. The van der Waals surface area contributed by atoms with Gasteiger partial charge < -0.3 is 10.2 Å². The molecule has 9 nitrogen and oxygen atoms in total. The molecule has 1 aliphatic heterocycles. The van der Waals surface area contributed by atoms with E-state index >= 15 is 0 Å². The van der Waals surface area contributed by atoms with Crippen LogP contribution in [0.4, 0.5) is 0 Å². The van der Waals surface area contributed by atoms with Crippen molar-refractivity contribution in [1.82, 2.24) is 35.4 Å². The molecule has 2 aliphatic rings.